The average Bonchev–Trinajstić information content (AvgIpc) is 2.36. The van der Waals surface area contributed by atoms with Crippen LogP contribution in [0, 0.1) is 6.92 Å². The predicted molar refractivity (Wildman–Crippen MR) is 77.3 cm³/mol. The van der Waals surface area contributed by atoms with Crippen LogP contribution in [-0.2, 0) is 4.79 Å². The molecule has 0 fully saturated rings. The first-order valence-corrected chi connectivity index (χ1v) is 6.77. The lowest BCUT2D eigenvalue weighted by atomic mass is 10.1. The van der Waals surface area contributed by atoms with E-state index in [1.54, 1.807) is 6.07 Å². The molecule has 1 atom stereocenters. The van der Waals surface area contributed by atoms with Crippen molar-refractivity contribution < 1.29 is 9.90 Å². The van der Waals surface area contributed by atoms with Gasteiger partial charge < -0.3 is 15.7 Å². The Morgan fingerprint density at radius 2 is 2.16 bits per heavy atom. The van der Waals surface area contributed by atoms with Crippen molar-refractivity contribution in [1.29, 1.82) is 0 Å². The van der Waals surface area contributed by atoms with Gasteiger partial charge in [0, 0.05) is 25.0 Å². The van der Waals surface area contributed by atoms with Crippen molar-refractivity contribution in [2.45, 2.75) is 26.4 Å². The highest BCUT2D eigenvalue weighted by Gasteiger charge is 2.08. The van der Waals surface area contributed by atoms with E-state index in [9.17, 15) is 9.90 Å². The number of carbonyl (C=O) groups is 1. The van der Waals surface area contributed by atoms with Crippen LogP contribution in [0.5, 0.6) is 0 Å². The molecular weight excluding hydrogens is 264 g/mol. The maximum absolute atomic E-state index is 10.6. The fourth-order valence-corrected chi connectivity index (χ4v) is 1.83. The fraction of sp³-hybridized carbons (Fsp3) is 0.500. The van der Waals surface area contributed by atoms with Crippen molar-refractivity contribution in [3.63, 3.8) is 0 Å². The third kappa shape index (κ3) is 6.05. The van der Waals surface area contributed by atoms with Crippen LogP contribution in [0.1, 0.15) is 30.6 Å². The number of benzene rings is 1. The van der Waals surface area contributed by atoms with Gasteiger partial charge in [-0.25, -0.2) is 0 Å². The molecule has 5 heteroatoms. The highest BCUT2D eigenvalue weighted by molar-refractivity contribution is 6.31. The molecule has 0 radical (unpaired) electrons. The summed E-state index contributed by atoms with van der Waals surface area (Å²) in [6.45, 7) is 5.31. The molecule has 0 bridgehead atoms. The Labute approximate surface area is 119 Å². The summed E-state index contributed by atoms with van der Waals surface area (Å²) >= 11 is 5.94. The number of hydrogen-bond donors (Lipinski definition) is 3. The molecule has 1 amide bonds. The van der Waals surface area contributed by atoms with Crippen molar-refractivity contribution in [3.8, 4) is 0 Å². The number of aryl methyl sites for hydroxylation is 1. The molecule has 4 nitrogen and oxygen atoms in total. The van der Waals surface area contributed by atoms with Gasteiger partial charge in [-0.1, -0.05) is 23.7 Å². The molecule has 1 aromatic carbocycles. The highest BCUT2D eigenvalue weighted by Crippen LogP contribution is 2.20. The molecule has 1 unspecified atom stereocenters. The van der Waals surface area contributed by atoms with Crippen LogP contribution in [0.25, 0.3) is 0 Å². The summed E-state index contributed by atoms with van der Waals surface area (Å²) in [7, 11) is 0. The molecule has 0 saturated carbocycles. The third-order valence-electron chi connectivity index (χ3n) is 2.81. The summed E-state index contributed by atoms with van der Waals surface area (Å²) in [6.07, 6.45) is 0.295. The molecular formula is C14H21ClN2O2. The first-order chi connectivity index (χ1) is 9.00. The summed E-state index contributed by atoms with van der Waals surface area (Å²) in [6, 6.07) is 5.52. The smallest absolute Gasteiger partial charge is 0.216 e. The zero-order chi connectivity index (χ0) is 14.3. The standard InChI is InChI=1S/C14H21ClN2O2/c1-10-8-12(4-5-13(10)15)14(19)9-16-6-3-7-17-11(2)18/h4-5,8,14,16,19H,3,6-7,9H2,1-2H3,(H,17,18). The van der Waals surface area contributed by atoms with Gasteiger partial charge in [0.2, 0.25) is 5.91 Å². The predicted octanol–water partition coefficient (Wildman–Crippen LogP) is 1.80. The quantitative estimate of drug-likeness (QED) is 0.669. The number of hydrogen-bond acceptors (Lipinski definition) is 3. The van der Waals surface area contributed by atoms with E-state index >= 15 is 0 Å². The minimum absolute atomic E-state index is 0.0170. The van der Waals surface area contributed by atoms with Gasteiger partial charge in [-0.05, 0) is 37.1 Å². The van der Waals surface area contributed by atoms with E-state index in [0.29, 0.717) is 18.1 Å². The van der Waals surface area contributed by atoms with E-state index in [0.717, 1.165) is 24.1 Å². The van der Waals surface area contributed by atoms with E-state index < -0.39 is 6.10 Å². The number of aliphatic hydroxyl groups excluding tert-OH is 1. The molecule has 0 saturated heterocycles. The molecule has 0 aliphatic rings. The Kier molecular flexibility index (Phi) is 6.84. The van der Waals surface area contributed by atoms with Gasteiger partial charge >= 0.3 is 0 Å². The first kappa shape index (κ1) is 16.0. The number of halogens is 1. The molecule has 19 heavy (non-hydrogen) atoms. The van der Waals surface area contributed by atoms with E-state index in [1.165, 1.54) is 6.92 Å². The fourth-order valence-electron chi connectivity index (χ4n) is 1.71. The summed E-state index contributed by atoms with van der Waals surface area (Å²) in [5.74, 6) is -0.0170. The van der Waals surface area contributed by atoms with Crippen molar-refractivity contribution in [2.75, 3.05) is 19.6 Å². The maximum atomic E-state index is 10.6. The summed E-state index contributed by atoms with van der Waals surface area (Å²) < 4.78 is 0. The van der Waals surface area contributed by atoms with Crippen LogP contribution in [0.4, 0.5) is 0 Å². The SMILES string of the molecule is CC(=O)NCCCNCC(O)c1ccc(Cl)c(C)c1. The summed E-state index contributed by atoms with van der Waals surface area (Å²) in [5, 5.41) is 16.6. The second-order valence-corrected chi connectivity index (χ2v) is 4.97. The van der Waals surface area contributed by atoms with Crippen molar-refractivity contribution in [1.82, 2.24) is 10.6 Å². The van der Waals surface area contributed by atoms with Crippen molar-refractivity contribution >= 4 is 17.5 Å². The molecule has 0 heterocycles. The zero-order valence-electron chi connectivity index (χ0n) is 11.4. The second kappa shape index (κ2) is 8.15. The lowest BCUT2D eigenvalue weighted by Gasteiger charge is -2.13. The lowest BCUT2D eigenvalue weighted by Crippen LogP contribution is -2.27. The van der Waals surface area contributed by atoms with Crippen molar-refractivity contribution in [3.05, 3.63) is 34.3 Å². The molecule has 106 valence electrons. The Hall–Kier alpha value is -1.10. The zero-order valence-corrected chi connectivity index (χ0v) is 12.1. The van der Waals surface area contributed by atoms with Gasteiger partial charge in [0.15, 0.2) is 0 Å². The number of rotatable bonds is 7. The van der Waals surface area contributed by atoms with Crippen LogP contribution in [0.2, 0.25) is 5.02 Å². The van der Waals surface area contributed by atoms with Crippen LogP contribution < -0.4 is 10.6 Å². The molecule has 1 aromatic rings. The Bertz CT molecular complexity index is 424. The van der Waals surface area contributed by atoms with Crippen LogP contribution >= 0.6 is 11.6 Å². The van der Waals surface area contributed by atoms with E-state index in [-0.39, 0.29) is 5.91 Å². The van der Waals surface area contributed by atoms with Gasteiger partial charge in [-0.15, -0.1) is 0 Å². The van der Waals surface area contributed by atoms with Crippen molar-refractivity contribution in [2.24, 2.45) is 0 Å². The molecule has 0 aliphatic heterocycles. The first-order valence-electron chi connectivity index (χ1n) is 6.40. The normalized spacial score (nSPS) is 12.2. The van der Waals surface area contributed by atoms with Gasteiger partial charge in [-0.2, -0.15) is 0 Å². The van der Waals surface area contributed by atoms with E-state index in [1.807, 2.05) is 19.1 Å². The van der Waals surface area contributed by atoms with Gasteiger partial charge in [-0.3, -0.25) is 4.79 Å². The topological polar surface area (TPSA) is 61.4 Å². The van der Waals surface area contributed by atoms with Gasteiger partial charge in [0.25, 0.3) is 0 Å². The Morgan fingerprint density at radius 1 is 1.42 bits per heavy atom. The number of carbonyl (C=O) groups excluding carboxylic acids is 1. The molecule has 1 rings (SSSR count). The molecule has 3 N–H and O–H groups in total. The minimum atomic E-state index is -0.545. The lowest BCUT2D eigenvalue weighted by molar-refractivity contribution is -0.118. The van der Waals surface area contributed by atoms with E-state index in [4.69, 9.17) is 11.6 Å². The van der Waals surface area contributed by atoms with Crippen LogP contribution in [0.15, 0.2) is 18.2 Å². The summed E-state index contributed by atoms with van der Waals surface area (Å²) in [4.78, 5) is 10.6. The van der Waals surface area contributed by atoms with Gasteiger partial charge in [0.1, 0.15) is 0 Å². The number of amides is 1. The second-order valence-electron chi connectivity index (χ2n) is 4.57. The summed E-state index contributed by atoms with van der Waals surface area (Å²) in [5.41, 5.74) is 1.82. The average molecular weight is 285 g/mol. The Morgan fingerprint density at radius 3 is 2.79 bits per heavy atom. The van der Waals surface area contributed by atoms with Gasteiger partial charge in [0.05, 0.1) is 6.10 Å². The number of aliphatic hydroxyl groups is 1. The Balaban J connectivity index is 2.25. The molecule has 0 spiro atoms. The maximum Gasteiger partial charge on any atom is 0.216 e. The largest absolute Gasteiger partial charge is 0.387 e. The van der Waals surface area contributed by atoms with E-state index in [2.05, 4.69) is 10.6 Å². The highest BCUT2D eigenvalue weighted by atomic mass is 35.5. The molecule has 0 aliphatic carbocycles. The van der Waals surface area contributed by atoms with Crippen LogP contribution in [0.3, 0.4) is 0 Å². The number of nitrogens with one attached hydrogen (secondary N) is 2. The minimum Gasteiger partial charge on any atom is -0.387 e. The third-order valence-corrected chi connectivity index (χ3v) is 3.23. The van der Waals surface area contributed by atoms with Crippen LogP contribution in [-0.4, -0.2) is 30.6 Å². The monoisotopic (exact) mass is 284 g/mol. The molecule has 0 aromatic heterocycles.